The molecule has 4 rings (SSSR count). The van der Waals surface area contributed by atoms with Crippen molar-refractivity contribution in [1.82, 2.24) is 20.2 Å². The molecule has 2 aromatic carbocycles. The molecule has 2 aromatic heterocycles. The van der Waals surface area contributed by atoms with E-state index in [-0.39, 0.29) is 11.7 Å². The van der Waals surface area contributed by atoms with Gasteiger partial charge in [-0.15, -0.1) is 0 Å². The maximum absolute atomic E-state index is 13.4. The number of H-pyrrole nitrogens is 1. The van der Waals surface area contributed by atoms with Gasteiger partial charge in [-0.1, -0.05) is 12.1 Å². The molecule has 2 heterocycles. The third-order valence-corrected chi connectivity index (χ3v) is 4.19. The van der Waals surface area contributed by atoms with E-state index in [0.29, 0.717) is 39.5 Å². The Morgan fingerprint density at radius 3 is 2.70 bits per heavy atom. The molecule has 0 aliphatic rings. The van der Waals surface area contributed by atoms with Gasteiger partial charge in [0.25, 0.3) is 5.91 Å². The first kappa shape index (κ1) is 16.8. The summed E-state index contributed by atoms with van der Waals surface area (Å²) in [6.07, 6.45) is 0. The van der Waals surface area contributed by atoms with Gasteiger partial charge in [-0.2, -0.15) is 5.10 Å². The molecule has 0 unspecified atom stereocenters. The van der Waals surface area contributed by atoms with Crippen molar-refractivity contribution in [2.45, 2.75) is 13.8 Å². The quantitative estimate of drug-likeness (QED) is 0.577. The monoisotopic (exact) mass is 361 g/mol. The summed E-state index contributed by atoms with van der Waals surface area (Å²) < 4.78 is 13.4. The summed E-state index contributed by atoms with van der Waals surface area (Å²) in [4.78, 5) is 21.4. The molecule has 134 valence electrons. The van der Waals surface area contributed by atoms with Crippen LogP contribution in [0.15, 0.2) is 48.5 Å². The highest BCUT2D eigenvalue weighted by Gasteiger charge is 2.13. The smallest absolute Gasteiger partial charge is 0.257 e. The van der Waals surface area contributed by atoms with Gasteiger partial charge in [0.1, 0.15) is 11.6 Å². The van der Waals surface area contributed by atoms with Crippen LogP contribution in [0, 0.1) is 19.7 Å². The molecule has 0 bridgehead atoms. The van der Waals surface area contributed by atoms with Gasteiger partial charge in [0.2, 0.25) is 0 Å². The third-order valence-electron chi connectivity index (χ3n) is 4.19. The maximum atomic E-state index is 13.4. The van der Waals surface area contributed by atoms with Crippen molar-refractivity contribution in [3.8, 4) is 11.4 Å². The van der Waals surface area contributed by atoms with Crippen LogP contribution in [-0.4, -0.2) is 26.1 Å². The van der Waals surface area contributed by atoms with Crippen LogP contribution in [0.5, 0.6) is 0 Å². The minimum absolute atomic E-state index is 0.283. The van der Waals surface area contributed by atoms with E-state index in [1.54, 1.807) is 31.2 Å². The van der Waals surface area contributed by atoms with Gasteiger partial charge in [-0.05, 0) is 44.2 Å². The van der Waals surface area contributed by atoms with E-state index in [1.165, 1.54) is 12.1 Å². The summed E-state index contributed by atoms with van der Waals surface area (Å²) in [7, 11) is 0. The fraction of sp³-hybridized carbons (Fsp3) is 0.100. The number of carbonyl (C=O) groups is 1. The molecule has 0 atom stereocenters. The number of aromatic amines is 1. The van der Waals surface area contributed by atoms with E-state index in [9.17, 15) is 9.18 Å². The first-order valence-electron chi connectivity index (χ1n) is 8.37. The van der Waals surface area contributed by atoms with E-state index in [1.807, 2.05) is 19.1 Å². The highest BCUT2D eigenvalue weighted by molar-refractivity contribution is 6.07. The predicted octanol–water partition coefficient (Wildman–Crippen LogP) is 4.03. The number of nitrogens with one attached hydrogen (secondary N) is 2. The number of carbonyl (C=O) groups excluding carboxylic acids is 1. The highest BCUT2D eigenvalue weighted by atomic mass is 19.1. The van der Waals surface area contributed by atoms with E-state index < -0.39 is 0 Å². The number of benzene rings is 2. The van der Waals surface area contributed by atoms with Crippen LogP contribution in [0.4, 0.5) is 10.1 Å². The molecule has 27 heavy (non-hydrogen) atoms. The van der Waals surface area contributed by atoms with Crippen molar-refractivity contribution in [2.75, 3.05) is 5.32 Å². The maximum Gasteiger partial charge on any atom is 0.257 e. The van der Waals surface area contributed by atoms with Crippen molar-refractivity contribution in [1.29, 1.82) is 0 Å². The SMILES string of the molecule is Cc1nc(-c2cccc(NC(=O)c3cc4ccc(F)cc4nc3C)c2)n[nH]1. The number of hydrogen-bond donors (Lipinski definition) is 2. The second kappa shape index (κ2) is 6.60. The van der Waals surface area contributed by atoms with E-state index in [2.05, 4.69) is 25.5 Å². The van der Waals surface area contributed by atoms with Crippen LogP contribution >= 0.6 is 0 Å². The highest BCUT2D eigenvalue weighted by Crippen LogP contribution is 2.22. The Morgan fingerprint density at radius 1 is 1.07 bits per heavy atom. The summed E-state index contributed by atoms with van der Waals surface area (Å²) in [6, 6.07) is 13.3. The molecule has 6 nitrogen and oxygen atoms in total. The Balaban J connectivity index is 1.63. The molecule has 0 saturated heterocycles. The van der Waals surface area contributed by atoms with Gasteiger partial charge in [0, 0.05) is 22.7 Å². The Hall–Kier alpha value is -3.61. The van der Waals surface area contributed by atoms with Gasteiger partial charge < -0.3 is 5.32 Å². The molecular formula is C20H16FN5O. The molecule has 2 N–H and O–H groups in total. The van der Waals surface area contributed by atoms with Crippen molar-refractivity contribution < 1.29 is 9.18 Å². The normalized spacial score (nSPS) is 10.9. The molecule has 0 radical (unpaired) electrons. The number of fused-ring (bicyclic) bond motifs is 1. The minimum Gasteiger partial charge on any atom is -0.322 e. The van der Waals surface area contributed by atoms with Gasteiger partial charge in [-0.25, -0.2) is 9.37 Å². The van der Waals surface area contributed by atoms with E-state index in [4.69, 9.17) is 0 Å². The van der Waals surface area contributed by atoms with Crippen LogP contribution in [-0.2, 0) is 0 Å². The second-order valence-electron chi connectivity index (χ2n) is 6.24. The molecule has 7 heteroatoms. The van der Waals surface area contributed by atoms with Crippen LogP contribution in [0.25, 0.3) is 22.3 Å². The van der Waals surface area contributed by atoms with Crippen LogP contribution in [0.3, 0.4) is 0 Å². The predicted molar refractivity (Wildman–Crippen MR) is 101 cm³/mol. The van der Waals surface area contributed by atoms with Crippen molar-refractivity contribution >= 4 is 22.5 Å². The lowest BCUT2D eigenvalue weighted by atomic mass is 10.1. The second-order valence-corrected chi connectivity index (χ2v) is 6.24. The summed E-state index contributed by atoms with van der Waals surface area (Å²) in [5.41, 5.74) is 2.91. The fourth-order valence-corrected chi connectivity index (χ4v) is 2.87. The van der Waals surface area contributed by atoms with Crippen LogP contribution < -0.4 is 5.32 Å². The topological polar surface area (TPSA) is 83.6 Å². The number of halogens is 1. The molecule has 0 aliphatic heterocycles. The minimum atomic E-state index is -0.356. The molecule has 0 aliphatic carbocycles. The van der Waals surface area contributed by atoms with Crippen LogP contribution in [0.1, 0.15) is 21.9 Å². The number of rotatable bonds is 3. The number of aryl methyl sites for hydroxylation is 2. The lowest BCUT2D eigenvalue weighted by Crippen LogP contribution is -2.14. The molecule has 1 amide bonds. The first-order chi connectivity index (χ1) is 13.0. The summed E-state index contributed by atoms with van der Waals surface area (Å²) in [5, 5.41) is 10.5. The van der Waals surface area contributed by atoms with Crippen LogP contribution in [0.2, 0.25) is 0 Å². The number of aromatic nitrogens is 4. The van der Waals surface area contributed by atoms with E-state index >= 15 is 0 Å². The van der Waals surface area contributed by atoms with E-state index in [0.717, 1.165) is 5.56 Å². The number of hydrogen-bond acceptors (Lipinski definition) is 4. The van der Waals surface area contributed by atoms with Crippen molar-refractivity contribution in [2.24, 2.45) is 0 Å². The number of anilines is 1. The van der Waals surface area contributed by atoms with Gasteiger partial charge >= 0.3 is 0 Å². The Morgan fingerprint density at radius 2 is 1.93 bits per heavy atom. The fourth-order valence-electron chi connectivity index (χ4n) is 2.87. The number of amides is 1. The zero-order chi connectivity index (χ0) is 19.0. The molecule has 4 aromatic rings. The van der Waals surface area contributed by atoms with Gasteiger partial charge in [0.05, 0.1) is 16.8 Å². The van der Waals surface area contributed by atoms with Crippen molar-refractivity contribution in [3.63, 3.8) is 0 Å². The molecular weight excluding hydrogens is 345 g/mol. The molecule has 0 saturated carbocycles. The zero-order valence-corrected chi connectivity index (χ0v) is 14.7. The largest absolute Gasteiger partial charge is 0.322 e. The first-order valence-corrected chi connectivity index (χ1v) is 8.37. The zero-order valence-electron chi connectivity index (χ0n) is 14.7. The lowest BCUT2D eigenvalue weighted by molar-refractivity contribution is 0.102. The summed E-state index contributed by atoms with van der Waals surface area (Å²) >= 11 is 0. The Kier molecular flexibility index (Phi) is 4.12. The number of pyridine rings is 1. The average molecular weight is 361 g/mol. The Labute approximate surface area is 154 Å². The summed E-state index contributed by atoms with van der Waals surface area (Å²) in [6.45, 7) is 3.55. The van der Waals surface area contributed by atoms with Gasteiger partial charge in [-0.3, -0.25) is 14.9 Å². The number of nitrogens with zero attached hydrogens (tertiary/aromatic N) is 3. The van der Waals surface area contributed by atoms with Crippen molar-refractivity contribution in [3.05, 3.63) is 71.4 Å². The molecule has 0 spiro atoms. The standard InChI is InChI=1S/C20H16FN5O/c1-11-17(9-13-6-7-15(21)10-18(13)22-11)20(27)24-16-5-3-4-14(8-16)19-23-12(2)25-26-19/h3-10H,1-2H3,(H,24,27)(H,23,25,26). The molecule has 0 fully saturated rings. The average Bonchev–Trinajstić information content (AvgIpc) is 3.07. The third kappa shape index (κ3) is 3.39. The van der Waals surface area contributed by atoms with Gasteiger partial charge in [0.15, 0.2) is 5.82 Å². The summed E-state index contributed by atoms with van der Waals surface area (Å²) in [5.74, 6) is 0.642. The lowest BCUT2D eigenvalue weighted by Gasteiger charge is -2.09. The Bertz CT molecular complexity index is 1170.